The van der Waals surface area contributed by atoms with Gasteiger partial charge in [-0.2, -0.15) is 0 Å². The van der Waals surface area contributed by atoms with E-state index in [4.69, 9.17) is 5.11 Å². The minimum Gasteiger partial charge on any atom is -0.392 e. The van der Waals surface area contributed by atoms with Gasteiger partial charge in [-0.25, -0.2) is 0 Å². The minimum absolute atomic E-state index is 0.0609. The number of carbonyl (C=O) groups excluding carboxylic acids is 1. The summed E-state index contributed by atoms with van der Waals surface area (Å²) in [5.41, 5.74) is 3.92. The summed E-state index contributed by atoms with van der Waals surface area (Å²) in [5, 5.41) is 9.07. The highest BCUT2D eigenvalue weighted by Crippen LogP contribution is 2.19. The SMILES string of the molecule is Cc1ccc(C(=O)C2CC=CN2C/C=C/c2ccc(CO)cc2)cc1. The fraction of sp³-hybridized carbons (Fsp3) is 0.227. The summed E-state index contributed by atoms with van der Waals surface area (Å²) >= 11 is 0. The van der Waals surface area contributed by atoms with E-state index in [1.807, 2.05) is 67.7 Å². The number of aliphatic hydroxyl groups is 1. The molecule has 1 heterocycles. The number of carbonyl (C=O) groups is 1. The molecule has 0 saturated carbocycles. The lowest BCUT2D eigenvalue weighted by molar-refractivity contribution is 0.0894. The first kappa shape index (κ1) is 17.2. The molecule has 1 N–H and O–H groups in total. The Labute approximate surface area is 148 Å². The van der Waals surface area contributed by atoms with E-state index in [2.05, 4.69) is 17.1 Å². The van der Waals surface area contributed by atoms with Crippen LogP contribution in [0.25, 0.3) is 6.08 Å². The molecule has 0 fully saturated rings. The smallest absolute Gasteiger partial charge is 0.185 e. The molecular formula is C22H23NO2. The lowest BCUT2D eigenvalue weighted by Gasteiger charge is -2.23. The van der Waals surface area contributed by atoms with Gasteiger partial charge in [0.05, 0.1) is 12.6 Å². The highest BCUT2D eigenvalue weighted by atomic mass is 16.3. The Kier molecular flexibility index (Phi) is 5.46. The third-order valence-corrected chi connectivity index (χ3v) is 4.48. The van der Waals surface area contributed by atoms with E-state index in [0.717, 1.165) is 28.7 Å². The molecule has 0 aromatic heterocycles. The Morgan fingerprint density at radius 1 is 1.16 bits per heavy atom. The number of aliphatic hydroxyl groups excluding tert-OH is 1. The number of hydrogen-bond acceptors (Lipinski definition) is 3. The van der Waals surface area contributed by atoms with Gasteiger partial charge >= 0.3 is 0 Å². The van der Waals surface area contributed by atoms with Crippen LogP contribution in [0.15, 0.2) is 66.9 Å². The van der Waals surface area contributed by atoms with Gasteiger partial charge in [0.2, 0.25) is 0 Å². The number of rotatable bonds is 6. The monoisotopic (exact) mass is 333 g/mol. The lowest BCUT2D eigenvalue weighted by atomic mass is 10.0. The Hall–Kier alpha value is -2.65. The van der Waals surface area contributed by atoms with Crippen LogP contribution in [0.4, 0.5) is 0 Å². The van der Waals surface area contributed by atoms with Gasteiger partial charge in [-0.05, 0) is 30.7 Å². The van der Waals surface area contributed by atoms with Gasteiger partial charge in [-0.3, -0.25) is 4.79 Å². The van der Waals surface area contributed by atoms with Crippen molar-refractivity contribution < 1.29 is 9.90 Å². The topological polar surface area (TPSA) is 40.5 Å². The number of nitrogens with zero attached hydrogens (tertiary/aromatic N) is 1. The molecule has 1 unspecified atom stereocenters. The van der Waals surface area contributed by atoms with Gasteiger partial charge in [0, 0.05) is 12.1 Å². The van der Waals surface area contributed by atoms with Gasteiger partial charge in [-0.15, -0.1) is 0 Å². The molecule has 0 bridgehead atoms. The van der Waals surface area contributed by atoms with Crippen LogP contribution in [0.2, 0.25) is 0 Å². The molecule has 0 aliphatic carbocycles. The van der Waals surface area contributed by atoms with Crippen molar-refractivity contribution in [2.24, 2.45) is 0 Å². The Morgan fingerprint density at radius 2 is 1.88 bits per heavy atom. The molecule has 0 spiro atoms. The second-order valence-electron chi connectivity index (χ2n) is 6.37. The maximum absolute atomic E-state index is 12.7. The quantitative estimate of drug-likeness (QED) is 0.813. The normalized spacial score (nSPS) is 16.7. The summed E-state index contributed by atoms with van der Waals surface area (Å²) in [6.45, 7) is 2.78. The summed E-state index contributed by atoms with van der Waals surface area (Å²) in [4.78, 5) is 14.8. The fourth-order valence-corrected chi connectivity index (χ4v) is 2.97. The molecule has 2 aromatic rings. The third kappa shape index (κ3) is 4.25. The Morgan fingerprint density at radius 3 is 2.56 bits per heavy atom. The second-order valence-corrected chi connectivity index (χ2v) is 6.37. The number of Topliss-reactive ketones (excluding diaryl/α,β-unsaturated/α-hetero) is 1. The van der Waals surface area contributed by atoms with E-state index < -0.39 is 0 Å². The first-order chi connectivity index (χ1) is 12.2. The number of ketones is 1. The first-order valence-electron chi connectivity index (χ1n) is 8.57. The van der Waals surface area contributed by atoms with E-state index in [1.54, 1.807) is 0 Å². The second kappa shape index (κ2) is 7.95. The molecule has 1 aliphatic heterocycles. The zero-order valence-corrected chi connectivity index (χ0v) is 14.4. The van der Waals surface area contributed by atoms with E-state index in [1.165, 1.54) is 0 Å². The van der Waals surface area contributed by atoms with Crippen LogP contribution in [0.3, 0.4) is 0 Å². The minimum atomic E-state index is -0.121. The average molecular weight is 333 g/mol. The van der Waals surface area contributed by atoms with E-state index in [-0.39, 0.29) is 18.4 Å². The fourth-order valence-electron chi connectivity index (χ4n) is 2.97. The summed E-state index contributed by atoms with van der Waals surface area (Å²) in [5.74, 6) is 0.172. The van der Waals surface area contributed by atoms with Crippen molar-refractivity contribution in [3.8, 4) is 0 Å². The van der Waals surface area contributed by atoms with Gasteiger partial charge in [-0.1, -0.05) is 72.3 Å². The molecule has 0 amide bonds. The van der Waals surface area contributed by atoms with Gasteiger partial charge < -0.3 is 10.0 Å². The van der Waals surface area contributed by atoms with Crippen molar-refractivity contribution in [3.63, 3.8) is 0 Å². The van der Waals surface area contributed by atoms with Crippen LogP contribution in [0.5, 0.6) is 0 Å². The molecule has 3 nitrogen and oxygen atoms in total. The van der Waals surface area contributed by atoms with Crippen LogP contribution in [0.1, 0.15) is 33.5 Å². The molecule has 3 heteroatoms. The Balaban J connectivity index is 1.62. The van der Waals surface area contributed by atoms with Crippen molar-refractivity contribution in [2.75, 3.05) is 6.54 Å². The van der Waals surface area contributed by atoms with Gasteiger partial charge in [0.15, 0.2) is 5.78 Å². The highest BCUT2D eigenvalue weighted by molar-refractivity contribution is 6.00. The van der Waals surface area contributed by atoms with Crippen molar-refractivity contribution >= 4 is 11.9 Å². The molecular weight excluding hydrogens is 310 g/mol. The van der Waals surface area contributed by atoms with Crippen molar-refractivity contribution in [2.45, 2.75) is 26.0 Å². The van der Waals surface area contributed by atoms with Gasteiger partial charge in [0.25, 0.3) is 0 Å². The Bertz CT molecular complexity index is 773. The third-order valence-electron chi connectivity index (χ3n) is 4.48. The van der Waals surface area contributed by atoms with Crippen LogP contribution in [-0.2, 0) is 6.61 Å². The number of hydrogen-bond donors (Lipinski definition) is 1. The standard InChI is InChI=1S/C22H23NO2/c1-17-6-12-20(13-7-17)22(25)21-5-3-15-23(21)14-2-4-18-8-10-19(16-24)11-9-18/h2-4,6-13,15,21,24H,5,14,16H2,1H3/b4-2+. The van der Waals surface area contributed by atoms with Crippen LogP contribution in [-0.4, -0.2) is 28.4 Å². The lowest BCUT2D eigenvalue weighted by Crippen LogP contribution is -2.34. The molecule has 0 saturated heterocycles. The largest absolute Gasteiger partial charge is 0.392 e. The van der Waals surface area contributed by atoms with Crippen molar-refractivity contribution in [1.82, 2.24) is 4.90 Å². The molecule has 1 atom stereocenters. The zero-order valence-electron chi connectivity index (χ0n) is 14.4. The molecule has 0 radical (unpaired) electrons. The summed E-state index contributed by atoms with van der Waals surface area (Å²) in [6.07, 6.45) is 8.93. The van der Waals surface area contributed by atoms with Crippen LogP contribution >= 0.6 is 0 Å². The molecule has 128 valence electrons. The maximum atomic E-state index is 12.7. The predicted molar refractivity (Wildman–Crippen MR) is 101 cm³/mol. The summed E-state index contributed by atoms with van der Waals surface area (Å²) in [6, 6.07) is 15.5. The van der Waals surface area contributed by atoms with Crippen molar-refractivity contribution in [3.05, 3.63) is 89.1 Å². The van der Waals surface area contributed by atoms with E-state index in [0.29, 0.717) is 6.54 Å². The summed E-state index contributed by atoms with van der Waals surface area (Å²) in [7, 11) is 0. The van der Waals surface area contributed by atoms with Gasteiger partial charge in [0.1, 0.15) is 0 Å². The molecule has 1 aliphatic rings. The molecule has 3 rings (SSSR count). The van der Waals surface area contributed by atoms with E-state index in [9.17, 15) is 4.79 Å². The first-order valence-corrected chi connectivity index (χ1v) is 8.57. The molecule has 2 aromatic carbocycles. The molecule has 25 heavy (non-hydrogen) atoms. The highest BCUT2D eigenvalue weighted by Gasteiger charge is 2.26. The maximum Gasteiger partial charge on any atom is 0.185 e. The van der Waals surface area contributed by atoms with E-state index >= 15 is 0 Å². The zero-order chi connectivity index (χ0) is 17.6. The predicted octanol–water partition coefficient (Wildman–Crippen LogP) is 3.97. The summed E-state index contributed by atoms with van der Waals surface area (Å²) < 4.78 is 0. The van der Waals surface area contributed by atoms with Crippen LogP contribution < -0.4 is 0 Å². The number of benzene rings is 2. The average Bonchev–Trinajstić information content (AvgIpc) is 3.11. The van der Waals surface area contributed by atoms with Crippen LogP contribution in [0, 0.1) is 6.92 Å². The number of aryl methyl sites for hydroxylation is 1. The van der Waals surface area contributed by atoms with Crippen molar-refractivity contribution in [1.29, 1.82) is 0 Å².